The molecule has 160 valence electrons. The van der Waals surface area contributed by atoms with Gasteiger partial charge in [-0.05, 0) is 59.6 Å². The topological polar surface area (TPSA) is 68.2 Å². The number of aryl methyl sites for hydroxylation is 1. The first-order valence-electron chi connectivity index (χ1n) is 10.3. The lowest BCUT2D eigenvalue weighted by atomic mass is 10.1. The lowest BCUT2D eigenvalue weighted by Gasteiger charge is -2.10. The van der Waals surface area contributed by atoms with Gasteiger partial charge in [0.2, 0.25) is 0 Å². The zero-order valence-corrected chi connectivity index (χ0v) is 18.3. The molecule has 0 bridgehead atoms. The maximum absolute atomic E-state index is 13.1. The van der Waals surface area contributed by atoms with Gasteiger partial charge in [0, 0.05) is 30.1 Å². The fourth-order valence-electron chi connectivity index (χ4n) is 3.38. The minimum Gasteiger partial charge on any atom is -0.393 e. The van der Waals surface area contributed by atoms with Gasteiger partial charge in [-0.25, -0.2) is 14.1 Å². The molecule has 0 saturated carbocycles. The molecule has 0 saturated heterocycles. The fourth-order valence-corrected chi connectivity index (χ4v) is 3.38. The van der Waals surface area contributed by atoms with Crippen LogP contribution in [0, 0.1) is 6.92 Å². The number of aliphatic hydroxyl groups is 1. The van der Waals surface area contributed by atoms with Crippen LogP contribution in [0.4, 0.5) is 4.39 Å². The van der Waals surface area contributed by atoms with Crippen LogP contribution in [0.1, 0.15) is 51.9 Å². The lowest BCUT2D eigenvalue weighted by Crippen LogP contribution is -2.03. The van der Waals surface area contributed by atoms with Crippen LogP contribution in [0.15, 0.2) is 42.3 Å². The van der Waals surface area contributed by atoms with Crippen molar-refractivity contribution >= 4 is 11.3 Å². The molecule has 3 aromatic rings. The van der Waals surface area contributed by atoms with Gasteiger partial charge in [0.05, 0.1) is 17.5 Å². The summed E-state index contributed by atoms with van der Waals surface area (Å²) in [6, 6.07) is 3.96. The van der Waals surface area contributed by atoms with E-state index in [2.05, 4.69) is 15.3 Å². The summed E-state index contributed by atoms with van der Waals surface area (Å²) in [5, 5.41) is 18.3. The Hall–Kier alpha value is -2.80. The third-order valence-electron chi connectivity index (χ3n) is 5.03. The number of fused-ring (bicyclic) bond motifs is 1. The number of hydrogen-bond acceptors (Lipinski definition) is 4. The summed E-state index contributed by atoms with van der Waals surface area (Å²) < 4.78 is 16.9. The largest absolute Gasteiger partial charge is 0.393 e. The first kappa shape index (κ1) is 21.9. The molecule has 7 heteroatoms. The molecule has 0 aliphatic heterocycles. The molecule has 0 aromatic carbocycles. The summed E-state index contributed by atoms with van der Waals surface area (Å²) in [5.41, 5.74) is 6.60. The number of hydrogen-bond donors (Lipinski definition) is 1. The molecule has 3 aromatic heterocycles. The Morgan fingerprint density at radius 2 is 2.00 bits per heavy atom. The molecule has 6 nitrogen and oxygen atoms in total. The van der Waals surface area contributed by atoms with Crippen molar-refractivity contribution in [2.75, 3.05) is 0 Å². The van der Waals surface area contributed by atoms with Crippen LogP contribution in [0.25, 0.3) is 22.6 Å². The van der Waals surface area contributed by atoms with Gasteiger partial charge in [0.15, 0.2) is 0 Å². The first-order valence-corrected chi connectivity index (χ1v) is 10.3. The first-order chi connectivity index (χ1) is 14.3. The number of rotatable bonds is 8. The van der Waals surface area contributed by atoms with E-state index < -0.39 is 6.17 Å². The molecule has 30 heavy (non-hydrogen) atoms. The van der Waals surface area contributed by atoms with E-state index in [4.69, 9.17) is 0 Å². The number of imidazole rings is 1. The number of aliphatic hydroxyl groups excluding tert-OH is 1. The fraction of sp³-hybridized carbons (Fsp3) is 0.435. The van der Waals surface area contributed by atoms with Gasteiger partial charge >= 0.3 is 0 Å². The Morgan fingerprint density at radius 1 is 1.23 bits per heavy atom. The predicted molar refractivity (Wildman–Crippen MR) is 118 cm³/mol. The average molecular weight is 412 g/mol. The minimum atomic E-state index is -0.969. The van der Waals surface area contributed by atoms with E-state index in [0.717, 1.165) is 46.0 Å². The molecular weight excluding hydrogens is 381 g/mol. The summed E-state index contributed by atoms with van der Waals surface area (Å²) >= 11 is 0. The maximum atomic E-state index is 13.1. The van der Waals surface area contributed by atoms with Crippen molar-refractivity contribution < 1.29 is 9.50 Å². The Balaban J connectivity index is 1.90. The second kappa shape index (κ2) is 9.34. The summed E-state index contributed by atoms with van der Waals surface area (Å²) in [4.78, 5) is 4.61. The van der Waals surface area contributed by atoms with E-state index >= 15 is 0 Å². The molecule has 3 rings (SSSR count). The van der Waals surface area contributed by atoms with E-state index in [-0.39, 0.29) is 6.10 Å². The molecule has 1 N–H and O–H groups in total. The lowest BCUT2D eigenvalue weighted by molar-refractivity contribution is 0.184. The quantitative estimate of drug-likeness (QED) is 0.542. The van der Waals surface area contributed by atoms with E-state index in [1.54, 1.807) is 13.0 Å². The van der Waals surface area contributed by atoms with Crippen molar-refractivity contribution in [1.29, 1.82) is 0 Å². The Labute approximate surface area is 176 Å². The zero-order valence-electron chi connectivity index (χ0n) is 18.3. The van der Waals surface area contributed by atoms with Crippen LogP contribution < -0.4 is 0 Å². The van der Waals surface area contributed by atoms with E-state index in [1.165, 1.54) is 6.92 Å². The van der Waals surface area contributed by atoms with E-state index in [9.17, 15) is 9.50 Å². The summed E-state index contributed by atoms with van der Waals surface area (Å²) in [6.45, 7) is 9.34. The van der Waals surface area contributed by atoms with Crippen molar-refractivity contribution in [3.8, 4) is 11.3 Å². The van der Waals surface area contributed by atoms with Crippen molar-refractivity contribution in [1.82, 2.24) is 24.4 Å². The van der Waals surface area contributed by atoms with Crippen LogP contribution in [-0.2, 0) is 6.42 Å². The highest BCUT2D eigenvalue weighted by atomic mass is 19.1. The Bertz CT molecular complexity index is 1070. The maximum Gasteiger partial charge on any atom is 0.137 e. The molecule has 2 atom stereocenters. The van der Waals surface area contributed by atoms with Crippen molar-refractivity contribution in [2.45, 2.75) is 66.2 Å². The van der Waals surface area contributed by atoms with Crippen molar-refractivity contribution in [3.63, 3.8) is 0 Å². The van der Waals surface area contributed by atoms with Crippen LogP contribution in [0.5, 0.6) is 0 Å². The molecule has 0 fully saturated rings. The molecule has 3 heterocycles. The molecule has 0 spiro atoms. The van der Waals surface area contributed by atoms with Gasteiger partial charge in [-0.1, -0.05) is 22.9 Å². The standard InChI is InChI=1S/C23H30FN5O/c1-15(2)21(8-6-7-16(3)24)29-18(5)23(26-27-29)19-10-12-22-25-20(11-9-17(4)30)14-28(22)13-19/h6-7,10,12-14,16-17,30H,8-9,11H2,1-5H3/b7-6-. The molecule has 0 amide bonds. The molecular formula is C23H30FN5O. The van der Waals surface area contributed by atoms with Crippen molar-refractivity contribution in [3.05, 3.63) is 53.6 Å². The number of aromatic nitrogens is 5. The minimum absolute atomic E-state index is 0.338. The highest BCUT2D eigenvalue weighted by Gasteiger charge is 2.15. The number of halogens is 1. The molecule has 0 aliphatic rings. The Morgan fingerprint density at radius 3 is 2.67 bits per heavy atom. The number of alkyl halides is 1. The highest BCUT2D eigenvalue weighted by molar-refractivity contribution is 5.65. The zero-order chi connectivity index (χ0) is 21.8. The van der Waals surface area contributed by atoms with Crippen LogP contribution in [0.2, 0.25) is 0 Å². The second-order valence-electron chi connectivity index (χ2n) is 7.99. The van der Waals surface area contributed by atoms with Crippen LogP contribution >= 0.6 is 0 Å². The normalized spacial score (nSPS) is 13.8. The van der Waals surface area contributed by atoms with Crippen LogP contribution in [0.3, 0.4) is 0 Å². The molecule has 2 unspecified atom stereocenters. The van der Waals surface area contributed by atoms with Gasteiger partial charge < -0.3 is 9.51 Å². The summed E-state index contributed by atoms with van der Waals surface area (Å²) in [5.74, 6) is 0. The number of pyridine rings is 1. The third-order valence-corrected chi connectivity index (χ3v) is 5.03. The third kappa shape index (κ3) is 5.02. The monoisotopic (exact) mass is 411 g/mol. The van der Waals surface area contributed by atoms with Gasteiger partial charge in [-0.2, -0.15) is 0 Å². The number of allylic oxidation sites excluding steroid dienone is 4. The average Bonchev–Trinajstić information content (AvgIpc) is 3.25. The molecule has 0 aliphatic carbocycles. The van der Waals surface area contributed by atoms with E-state index in [1.807, 2.05) is 60.5 Å². The summed E-state index contributed by atoms with van der Waals surface area (Å²) in [6.07, 6.45) is 8.09. The predicted octanol–water partition coefficient (Wildman–Crippen LogP) is 4.77. The Kier molecular flexibility index (Phi) is 6.82. The van der Waals surface area contributed by atoms with Crippen LogP contribution in [-0.4, -0.2) is 41.8 Å². The van der Waals surface area contributed by atoms with Gasteiger partial charge in [0.25, 0.3) is 0 Å². The van der Waals surface area contributed by atoms with E-state index in [0.29, 0.717) is 12.8 Å². The number of nitrogens with zero attached hydrogens (tertiary/aromatic N) is 5. The molecule has 0 radical (unpaired) electrons. The smallest absolute Gasteiger partial charge is 0.137 e. The summed E-state index contributed by atoms with van der Waals surface area (Å²) in [7, 11) is 0. The van der Waals surface area contributed by atoms with Gasteiger partial charge in [-0.15, -0.1) is 5.10 Å². The van der Waals surface area contributed by atoms with Gasteiger partial charge in [0.1, 0.15) is 17.5 Å². The second-order valence-corrected chi connectivity index (χ2v) is 7.99. The SMILES string of the molecule is CC(C)=C(C/C=C\C(C)F)n1nnc(-c2ccc3nc(CCC(C)O)cn3c2)c1C. The van der Waals surface area contributed by atoms with Gasteiger partial charge in [-0.3, -0.25) is 0 Å². The van der Waals surface area contributed by atoms with Crippen molar-refractivity contribution in [2.24, 2.45) is 0 Å². The highest BCUT2D eigenvalue weighted by Crippen LogP contribution is 2.25.